The van der Waals surface area contributed by atoms with E-state index in [0.29, 0.717) is 56.9 Å². The van der Waals surface area contributed by atoms with Crippen LogP contribution in [0.4, 0.5) is 4.79 Å². The Bertz CT molecular complexity index is 1510. The minimum absolute atomic E-state index is 0.0763. The van der Waals surface area contributed by atoms with Gasteiger partial charge in [0.15, 0.2) is 20.9 Å². The van der Waals surface area contributed by atoms with Crippen LogP contribution in [0.15, 0.2) is 47.4 Å². The van der Waals surface area contributed by atoms with Gasteiger partial charge >= 0.3 is 6.09 Å². The summed E-state index contributed by atoms with van der Waals surface area (Å²) in [5.41, 5.74) is 1.37. The van der Waals surface area contributed by atoms with E-state index in [1.165, 1.54) is 18.2 Å². The Hall–Kier alpha value is -3.06. The van der Waals surface area contributed by atoms with Gasteiger partial charge in [-0.15, -0.1) is 0 Å². The van der Waals surface area contributed by atoms with Gasteiger partial charge in [-0.25, -0.2) is 23.5 Å². The smallest absolute Gasteiger partial charge is 0.410 e. The van der Waals surface area contributed by atoms with Crippen LogP contribution in [0.1, 0.15) is 72.1 Å². The third-order valence-corrected chi connectivity index (χ3v) is 11.8. The summed E-state index contributed by atoms with van der Waals surface area (Å²) in [5.74, 6) is 0.682. The molecule has 0 radical (unpaired) electrons. The maximum Gasteiger partial charge on any atom is 0.410 e. The number of methoxy groups -OCH3 is 1. The molecule has 13 heteroatoms. The number of sulfone groups is 1. The first-order valence-electron chi connectivity index (χ1n) is 15.7. The van der Waals surface area contributed by atoms with Crippen molar-refractivity contribution in [2.75, 3.05) is 26.8 Å². The average Bonchev–Trinajstić information content (AvgIpc) is 3.41. The predicted molar refractivity (Wildman–Crippen MR) is 171 cm³/mol. The van der Waals surface area contributed by atoms with E-state index >= 15 is 0 Å². The maximum absolute atomic E-state index is 14.6. The number of carbonyl (C=O) groups is 2. The van der Waals surface area contributed by atoms with Gasteiger partial charge in [0, 0.05) is 26.1 Å². The van der Waals surface area contributed by atoms with E-state index in [1.807, 2.05) is 20.8 Å². The van der Waals surface area contributed by atoms with Crippen LogP contribution in [0.5, 0.6) is 17.2 Å². The van der Waals surface area contributed by atoms with Gasteiger partial charge in [-0.2, -0.15) is 0 Å². The van der Waals surface area contributed by atoms with Crippen LogP contribution in [0.2, 0.25) is 5.02 Å². The van der Waals surface area contributed by atoms with Crippen LogP contribution in [-0.2, 0) is 28.9 Å². The topological polar surface area (TPSA) is 130 Å². The number of piperidine rings is 1. The Labute approximate surface area is 275 Å². The van der Waals surface area contributed by atoms with Crippen molar-refractivity contribution in [1.29, 1.82) is 0 Å². The Morgan fingerprint density at radius 1 is 1.00 bits per heavy atom. The van der Waals surface area contributed by atoms with E-state index in [9.17, 15) is 18.0 Å². The van der Waals surface area contributed by atoms with Crippen molar-refractivity contribution in [3.8, 4) is 17.2 Å². The second kappa shape index (κ2) is 13.6. The molecule has 252 valence electrons. The molecule has 2 aromatic carbocycles. The van der Waals surface area contributed by atoms with E-state index < -0.39 is 43.9 Å². The molecule has 46 heavy (non-hydrogen) atoms. The number of carbonyl (C=O) groups excluding carboxylic acids is 2. The Morgan fingerprint density at radius 2 is 1.70 bits per heavy atom. The number of hydroxylamine groups is 1. The van der Waals surface area contributed by atoms with E-state index in [2.05, 4.69) is 5.48 Å². The molecule has 3 aliphatic rings. The highest BCUT2D eigenvalue weighted by molar-refractivity contribution is 7.93. The van der Waals surface area contributed by atoms with Gasteiger partial charge < -0.3 is 23.8 Å². The fourth-order valence-electron chi connectivity index (χ4n) is 6.46. The molecule has 1 N–H and O–H groups in total. The molecule has 2 aromatic rings. The molecular weight excluding hydrogens is 636 g/mol. The van der Waals surface area contributed by atoms with Gasteiger partial charge in [-0.05, 0) is 114 Å². The minimum Gasteiger partial charge on any atom is -0.497 e. The second-order valence-electron chi connectivity index (χ2n) is 13.4. The van der Waals surface area contributed by atoms with Gasteiger partial charge in [-0.1, -0.05) is 11.6 Å². The SMILES string of the molecule is COc1ccc(Oc2ccc(S(=O)(=O)C3(C(=O)NOC4CCCCO4)CCC4(CCN(C(=O)OC(C)(C)C)CC4)C3)cc2Cl)cc1. The molecule has 1 saturated carbocycles. The molecule has 2 aliphatic heterocycles. The second-order valence-corrected chi connectivity index (χ2v) is 16.0. The van der Waals surface area contributed by atoms with Gasteiger partial charge in [0.1, 0.15) is 22.8 Å². The Kier molecular flexibility index (Phi) is 10.1. The number of hydrogen-bond acceptors (Lipinski definition) is 9. The minimum atomic E-state index is -4.30. The van der Waals surface area contributed by atoms with Crippen molar-refractivity contribution in [3.63, 3.8) is 0 Å². The predicted octanol–water partition coefficient (Wildman–Crippen LogP) is 6.43. The van der Waals surface area contributed by atoms with Gasteiger partial charge in [-0.3, -0.25) is 4.79 Å². The molecule has 2 heterocycles. The molecule has 0 aromatic heterocycles. The number of likely N-dealkylation sites (tertiary alicyclic amines) is 1. The summed E-state index contributed by atoms with van der Waals surface area (Å²) in [4.78, 5) is 33.9. The Balaban J connectivity index is 1.39. The first kappa shape index (κ1) is 34.3. The average molecular weight is 679 g/mol. The third kappa shape index (κ3) is 7.40. The normalized spacial score (nSPS) is 23.2. The Morgan fingerprint density at radius 3 is 2.30 bits per heavy atom. The first-order chi connectivity index (χ1) is 21.8. The van der Waals surface area contributed by atoms with Crippen LogP contribution < -0.4 is 15.0 Å². The molecule has 2 atom stereocenters. The number of halogens is 1. The first-order valence-corrected chi connectivity index (χ1v) is 17.5. The summed E-state index contributed by atoms with van der Waals surface area (Å²) < 4.78 is 49.5. The summed E-state index contributed by atoms with van der Waals surface area (Å²) in [5, 5.41) is 0.0812. The van der Waals surface area contributed by atoms with Crippen LogP contribution in [0.3, 0.4) is 0 Å². The zero-order chi connectivity index (χ0) is 33.2. The summed E-state index contributed by atoms with van der Waals surface area (Å²) >= 11 is 6.57. The largest absolute Gasteiger partial charge is 0.497 e. The molecule has 5 rings (SSSR count). The van der Waals surface area contributed by atoms with Crippen molar-refractivity contribution >= 4 is 33.4 Å². The maximum atomic E-state index is 14.6. The summed E-state index contributed by atoms with van der Waals surface area (Å²) in [7, 11) is -2.73. The van der Waals surface area contributed by atoms with Crippen molar-refractivity contribution in [3.05, 3.63) is 47.5 Å². The van der Waals surface area contributed by atoms with Gasteiger partial charge in [0.2, 0.25) is 0 Å². The van der Waals surface area contributed by atoms with Crippen LogP contribution >= 0.6 is 11.6 Å². The molecule has 1 aliphatic carbocycles. The molecule has 2 amide bonds. The number of nitrogens with one attached hydrogen (secondary N) is 1. The highest BCUT2D eigenvalue weighted by atomic mass is 35.5. The van der Waals surface area contributed by atoms with E-state index in [0.717, 1.165) is 12.8 Å². The van der Waals surface area contributed by atoms with Crippen LogP contribution in [0, 0.1) is 5.41 Å². The number of hydrogen-bond donors (Lipinski definition) is 1. The molecular formula is C33H43ClN2O9S. The number of ether oxygens (including phenoxy) is 4. The highest BCUT2D eigenvalue weighted by Gasteiger charge is 2.61. The zero-order valence-electron chi connectivity index (χ0n) is 26.8. The lowest BCUT2D eigenvalue weighted by molar-refractivity contribution is -0.201. The van der Waals surface area contributed by atoms with E-state index in [4.69, 9.17) is 35.4 Å². The molecule has 1 spiro atoms. The van der Waals surface area contributed by atoms with Crippen molar-refractivity contribution in [2.24, 2.45) is 5.41 Å². The fraction of sp³-hybridized carbons (Fsp3) is 0.576. The fourth-order valence-corrected chi connectivity index (χ4v) is 8.86. The summed E-state index contributed by atoms with van der Waals surface area (Å²) in [6.45, 7) is 6.76. The zero-order valence-corrected chi connectivity index (χ0v) is 28.4. The number of rotatable bonds is 8. The summed E-state index contributed by atoms with van der Waals surface area (Å²) in [6.07, 6.45) is 3.06. The third-order valence-electron chi connectivity index (χ3n) is 9.05. The van der Waals surface area contributed by atoms with Crippen LogP contribution in [-0.4, -0.2) is 68.8 Å². The molecule has 2 saturated heterocycles. The van der Waals surface area contributed by atoms with E-state index in [-0.39, 0.29) is 28.5 Å². The lowest BCUT2D eigenvalue weighted by Gasteiger charge is -2.40. The van der Waals surface area contributed by atoms with Crippen molar-refractivity contribution in [2.45, 2.75) is 93.7 Å². The van der Waals surface area contributed by atoms with Crippen molar-refractivity contribution < 1.29 is 41.8 Å². The monoisotopic (exact) mass is 678 g/mol. The summed E-state index contributed by atoms with van der Waals surface area (Å²) in [6, 6.07) is 11.1. The quantitative estimate of drug-likeness (QED) is 0.314. The van der Waals surface area contributed by atoms with Gasteiger partial charge in [0.05, 0.1) is 17.0 Å². The lowest BCUT2D eigenvalue weighted by atomic mass is 9.76. The van der Waals surface area contributed by atoms with Crippen LogP contribution in [0.25, 0.3) is 0 Å². The van der Waals surface area contributed by atoms with Gasteiger partial charge in [0.25, 0.3) is 5.91 Å². The molecule has 3 fully saturated rings. The van der Waals surface area contributed by atoms with E-state index in [1.54, 1.807) is 36.3 Å². The number of amides is 2. The van der Waals surface area contributed by atoms with Crippen molar-refractivity contribution in [1.82, 2.24) is 10.4 Å². The highest BCUT2D eigenvalue weighted by Crippen LogP contribution is 2.55. The standard InChI is InChI=1S/C33H43ClN2O9S/c1-31(2,3)44-30(38)36-18-16-32(17-19-36)14-15-33(22-32,29(37)35-45-28-7-5-6-20-42-28)46(39,40)25-12-13-27(26(34)21-25)43-24-10-8-23(41-4)9-11-24/h8-13,21,28H,5-7,14-20,22H2,1-4H3,(H,35,37). The molecule has 11 nitrogen and oxygen atoms in total. The number of nitrogens with zero attached hydrogens (tertiary/aromatic N) is 1. The molecule has 0 bridgehead atoms. The molecule has 2 unspecified atom stereocenters. The lowest BCUT2D eigenvalue weighted by Crippen LogP contribution is -2.53. The number of benzene rings is 2.